The normalized spacial score (nSPS) is 9.47. The largest absolute Gasteiger partial charge is 0.370 e. The van der Waals surface area contributed by atoms with Crippen LogP contribution in [0.4, 0.5) is 10.1 Å². The van der Waals surface area contributed by atoms with Crippen LogP contribution in [0, 0.1) is 17.1 Å². The Morgan fingerprint density at radius 2 is 2.27 bits per heavy atom. The fourth-order valence-corrected chi connectivity index (χ4v) is 1.42. The maximum atomic E-state index is 12.9. The highest BCUT2D eigenvalue weighted by molar-refractivity contribution is 5.59. The number of benzene rings is 1. The zero-order valence-corrected chi connectivity index (χ0v) is 8.92. The topological polar surface area (TPSA) is 27.0 Å². The minimum absolute atomic E-state index is 0.346. The summed E-state index contributed by atoms with van der Waals surface area (Å²) in [5.74, 6) is -0.390. The summed E-state index contributed by atoms with van der Waals surface area (Å²) < 4.78 is 12.9. The molecule has 0 saturated heterocycles. The van der Waals surface area contributed by atoms with Crippen LogP contribution in [0.25, 0.3) is 0 Å². The summed E-state index contributed by atoms with van der Waals surface area (Å²) in [6.45, 7) is 6.36. The number of rotatable bonds is 3. The predicted octanol–water partition coefficient (Wildman–Crippen LogP) is 2.71. The molecule has 1 rings (SSSR count). The maximum absolute atomic E-state index is 12.9. The van der Waals surface area contributed by atoms with Gasteiger partial charge in [0.05, 0.1) is 11.3 Å². The summed E-state index contributed by atoms with van der Waals surface area (Å²) in [6, 6.07) is 6.18. The standard InChI is InChI=1S/C12H13FN2/c1-9(2)8-15(3)12-5-4-11(13)6-10(12)7-14/h4-6H,1,8H2,2-3H3. The molecule has 0 amide bonds. The van der Waals surface area contributed by atoms with Crippen LogP contribution in [0.3, 0.4) is 0 Å². The lowest BCUT2D eigenvalue weighted by Gasteiger charge is -2.20. The second kappa shape index (κ2) is 4.61. The van der Waals surface area contributed by atoms with Gasteiger partial charge in [0.2, 0.25) is 0 Å². The SMILES string of the molecule is C=C(C)CN(C)c1ccc(F)cc1C#N. The Labute approximate surface area is 89.2 Å². The van der Waals surface area contributed by atoms with Crippen molar-refractivity contribution in [3.8, 4) is 6.07 Å². The van der Waals surface area contributed by atoms with Crippen molar-refractivity contribution in [2.45, 2.75) is 6.92 Å². The number of likely N-dealkylation sites (N-methyl/N-ethyl adjacent to an activating group) is 1. The average Bonchev–Trinajstić information content (AvgIpc) is 2.16. The van der Waals surface area contributed by atoms with E-state index < -0.39 is 0 Å². The third-order valence-electron chi connectivity index (χ3n) is 2.00. The van der Waals surface area contributed by atoms with E-state index in [-0.39, 0.29) is 5.82 Å². The summed E-state index contributed by atoms with van der Waals surface area (Å²) in [7, 11) is 1.85. The third kappa shape index (κ3) is 2.81. The van der Waals surface area contributed by atoms with Gasteiger partial charge in [-0.3, -0.25) is 0 Å². The predicted molar refractivity (Wildman–Crippen MR) is 59.2 cm³/mol. The van der Waals surface area contributed by atoms with Crippen LogP contribution in [-0.4, -0.2) is 13.6 Å². The number of halogens is 1. The summed E-state index contributed by atoms with van der Waals surface area (Å²) in [6.07, 6.45) is 0. The molecule has 15 heavy (non-hydrogen) atoms. The number of hydrogen-bond acceptors (Lipinski definition) is 2. The summed E-state index contributed by atoms with van der Waals surface area (Å²) in [5.41, 5.74) is 2.06. The molecule has 0 aliphatic rings. The first-order chi connectivity index (χ1) is 7.04. The van der Waals surface area contributed by atoms with Crippen LogP contribution in [0.2, 0.25) is 0 Å². The second-order valence-electron chi connectivity index (χ2n) is 3.59. The molecule has 0 atom stereocenters. The first kappa shape index (κ1) is 11.3. The molecule has 0 spiro atoms. The molecule has 3 heteroatoms. The van der Waals surface area contributed by atoms with E-state index in [2.05, 4.69) is 6.58 Å². The van der Waals surface area contributed by atoms with Crippen LogP contribution in [-0.2, 0) is 0 Å². The van der Waals surface area contributed by atoms with E-state index in [1.165, 1.54) is 12.1 Å². The van der Waals surface area contributed by atoms with Crippen molar-refractivity contribution in [1.82, 2.24) is 0 Å². The van der Waals surface area contributed by atoms with Crippen LogP contribution < -0.4 is 4.90 Å². The van der Waals surface area contributed by atoms with Crippen molar-refractivity contribution in [1.29, 1.82) is 5.26 Å². The molecular weight excluding hydrogens is 191 g/mol. The number of hydrogen-bond donors (Lipinski definition) is 0. The smallest absolute Gasteiger partial charge is 0.124 e. The Balaban J connectivity index is 3.04. The van der Waals surface area contributed by atoms with E-state index in [4.69, 9.17) is 5.26 Å². The molecule has 0 saturated carbocycles. The van der Waals surface area contributed by atoms with Crippen molar-refractivity contribution in [3.05, 3.63) is 41.7 Å². The molecule has 2 nitrogen and oxygen atoms in total. The van der Waals surface area contributed by atoms with Gasteiger partial charge in [0.25, 0.3) is 0 Å². The molecule has 0 bridgehead atoms. The van der Waals surface area contributed by atoms with Gasteiger partial charge in [0, 0.05) is 13.6 Å². The molecule has 1 aromatic carbocycles. The van der Waals surface area contributed by atoms with Gasteiger partial charge in [-0.25, -0.2) is 4.39 Å². The molecule has 0 unspecified atom stereocenters. The van der Waals surface area contributed by atoms with Gasteiger partial charge in [-0.2, -0.15) is 5.26 Å². The van der Waals surface area contributed by atoms with Gasteiger partial charge >= 0.3 is 0 Å². The lowest BCUT2D eigenvalue weighted by atomic mass is 10.1. The van der Waals surface area contributed by atoms with Crippen LogP contribution in [0.15, 0.2) is 30.4 Å². The Morgan fingerprint density at radius 3 is 2.80 bits per heavy atom. The molecular formula is C12H13FN2. The Kier molecular flexibility index (Phi) is 3.46. The molecule has 0 N–H and O–H groups in total. The van der Waals surface area contributed by atoms with Crippen molar-refractivity contribution >= 4 is 5.69 Å². The summed E-state index contributed by atoms with van der Waals surface area (Å²) in [5, 5.41) is 8.86. The van der Waals surface area contributed by atoms with Gasteiger partial charge in [-0.05, 0) is 25.1 Å². The average molecular weight is 204 g/mol. The minimum atomic E-state index is -0.390. The van der Waals surface area contributed by atoms with Crippen molar-refractivity contribution in [2.75, 3.05) is 18.5 Å². The van der Waals surface area contributed by atoms with Crippen molar-refractivity contribution in [2.24, 2.45) is 0 Å². The molecule has 0 heterocycles. The van der Waals surface area contributed by atoms with Crippen LogP contribution in [0.1, 0.15) is 12.5 Å². The van der Waals surface area contributed by atoms with Crippen LogP contribution in [0.5, 0.6) is 0 Å². The van der Waals surface area contributed by atoms with Gasteiger partial charge in [0.15, 0.2) is 0 Å². The molecule has 0 aliphatic heterocycles. The van der Waals surface area contributed by atoms with E-state index in [1.807, 2.05) is 24.9 Å². The zero-order valence-electron chi connectivity index (χ0n) is 8.92. The van der Waals surface area contributed by atoms with E-state index in [9.17, 15) is 4.39 Å². The fourth-order valence-electron chi connectivity index (χ4n) is 1.42. The lowest BCUT2D eigenvalue weighted by Crippen LogP contribution is -2.20. The van der Waals surface area contributed by atoms with Gasteiger partial charge in [-0.1, -0.05) is 12.2 Å². The Bertz CT molecular complexity index is 418. The molecule has 0 aliphatic carbocycles. The van der Waals surface area contributed by atoms with Crippen molar-refractivity contribution in [3.63, 3.8) is 0 Å². The molecule has 1 aromatic rings. The number of nitriles is 1. The minimum Gasteiger partial charge on any atom is -0.370 e. The Morgan fingerprint density at radius 1 is 1.60 bits per heavy atom. The highest BCUT2D eigenvalue weighted by Gasteiger charge is 2.08. The van der Waals surface area contributed by atoms with E-state index in [0.29, 0.717) is 12.1 Å². The Hall–Kier alpha value is -1.82. The highest BCUT2D eigenvalue weighted by atomic mass is 19.1. The van der Waals surface area contributed by atoms with Gasteiger partial charge in [-0.15, -0.1) is 0 Å². The number of nitrogens with zero attached hydrogens (tertiary/aromatic N) is 2. The number of anilines is 1. The highest BCUT2D eigenvalue weighted by Crippen LogP contribution is 2.20. The summed E-state index contributed by atoms with van der Waals surface area (Å²) >= 11 is 0. The van der Waals surface area contributed by atoms with Crippen LogP contribution >= 0.6 is 0 Å². The van der Waals surface area contributed by atoms with E-state index in [1.54, 1.807) is 6.07 Å². The first-order valence-electron chi connectivity index (χ1n) is 4.59. The first-order valence-corrected chi connectivity index (χ1v) is 4.59. The monoisotopic (exact) mass is 204 g/mol. The van der Waals surface area contributed by atoms with Gasteiger partial charge < -0.3 is 4.90 Å². The molecule has 78 valence electrons. The lowest BCUT2D eigenvalue weighted by molar-refractivity contribution is 0.627. The molecule has 0 fully saturated rings. The quantitative estimate of drug-likeness (QED) is 0.708. The van der Waals surface area contributed by atoms with E-state index >= 15 is 0 Å². The third-order valence-corrected chi connectivity index (χ3v) is 2.00. The molecule has 0 aromatic heterocycles. The van der Waals surface area contributed by atoms with Crippen molar-refractivity contribution < 1.29 is 4.39 Å². The zero-order chi connectivity index (χ0) is 11.4. The van der Waals surface area contributed by atoms with E-state index in [0.717, 1.165) is 11.3 Å². The molecule has 0 radical (unpaired) electrons. The fraction of sp³-hybridized carbons (Fsp3) is 0.250. The van der Waals surface area contributed by atoms with Gasteiger partial charge in [0.1, 0.15) is 11.9 Å². The second-order valence-corrected chi connectivity index (χ2v) is 3.59. The summed E-state index contributed by atoms with van der Waals surface area (Å²) in [4.78, 5) is 1.88. The maximum Gasteiger partial charge on any atom is 0.124 e.